The van der Waals surface area contributed by atoms with Gasteiger partial charge in [0.05, 0.1) is 11.3 Å². The molecule has 0 spiro atoms. The van der Waals surface area contributed by atoms with Crippen LogP contribution in [0.25, 0.3) is 11.3 Å². The number of hydrogen-bond acceptors (Lipinski definition) is 3. The molecule has 3 rings (SSSR count). The van der Waals surface area contributed by atoms with E-state index in [0.717, 1.165) is 10.5 Å². The number of benzene rings is 1. The molecule has 0 amide bonds. The summed E-state index contributed by atoms with van der Waals surface area (Å²) in [6, 6.07) is 10.3. The fraction of sp³-hybridized carbons (Fsp3) is 0.0625. The molecule has 0 aliphatic rings. The fourth-order valence-corrected chi connectivity index (χ4v) is 2.38. The van der Waals surface area contributed by atoms with Crippen LogP contribution in [0.3, 0.4) is 0 Å². The van der Waals surface area contributed by atoms with Gasteiger partial charge >= 0.3 is 6.18 Å². The lowest BCUT2D eigenvalue weighted by molar-refractivity contribution is -0.143. The minimum absolute atomic E-state index is 0.0217. The highest BCUT2D eigenvalue weighted by atomic mass is 79.9. The van der Waals surface area contributed by atoms with Crippen LogP contribution in [-0.2, 0) is 6.18 Å². The first-order valence-electron chi connectivity index (χ1n) is 6.74. The van der Waals surface area contributed by atoms with Crippen LogP contribution in [0, 0.1) is 0 Å². The molecule has 0 bridgehead atoms. The van der Waals surface area contributed by atoms with Crippen molar-refractivity contribution < 1.29 is 18.0 Å². The second-order valence-corrected chi connectivity index (χ2v) is 5.79. The van der Waals surface area contributed by atoms with Gasteiger partial charge in [-0.25, -0.2) is 0 Å². The Morgan fingerprint density at radius 1 is 1.12 bits per heavy atom. The van der Waals surface area contributed by atoms with E-state index in [1.54, 1.807) is 24.3 Å². The lowest BCUT2D eigenvalue weighted by Crippen LogP contribution is -2.21. The molecule has 0 fully saturated rings. The Balaban J connectivity index is 2.11. The third-order valence-corrected chi connectivity index (χ3v) is 3.77. The summed E-state index contributed by atoms with van der Waals surface area (Å²) >= 11 is 3.26. The van der Waals surface area contributed by atoms with E-state index < -0.39 is 17.8 Å². The van der Waals surface area contributed by atoms with Crippen LogP contribution in [0.15, 0.2) is 59.3 Å². The molecule has 122 valence electrons. The Morgan fingerprint density at radius 3 is 2.42 bits per heavy atom. The molecule has 4 nitrogen and oxygen atoms in total. The van der Waals surface area contributed by atoms with Crippen LogP contribution in [0.5, 0.6) is 0 Å². The van der Waals surface area contributed by atoms with Gasteiger partial charge < -0.3 is 0 Å². The predicted molar refractivity (Wildman–Crippen MR) is 84.3 cm³/mol. The fourth-order valence-electron chi connectivity index (χ4n) is 2.11. The number of aromatic nitrogens is 3. The Kier molecular flexibility index (Phi) is 4.23. The lowest BCUT2D eigenvalue weighted by Gasteiger charge is -2.08. The van der Waals surface area contributed by atoms with Crippen LogP contribution < -0.4 is 0 Å². The van der Waals surface area contributed by atoms with Gasteiger partial charge in [0.15, 0.2) is 5.69 Å². The van der Waals surface area contributed by atoms with Crippen molar-refractivity contribution >= 4 is 21.8 Å². The molecule has 0 radical (unpaired) electrons. The maximum Gasteiger partial charge on any atom is 0.433 e. The first-order valence-corrected chi connectivity index (χ1v) is 7.53. The van der Waals surface area contributed by atoms with Gasteiger partial charge in [0.1, 0.15) is 0 Å². The van der Waals surface area contributed by atoms with Crippen LogP contribution in [0.1, 0.15) is 16.1 Å². The molecule has 0 atom stereocenters. The van der Waals surface area contributed by atoms with E-state index in [1.807, 2.05) is 0 Å². The van der Waals surface area contributed by atoms with Gasteiger partial charge in [0, 0.05) is 22.4 Å². The van der Waals surface area contributed by atoms with Crippen molar-refractivity contribution in [1.29, 1.82) is 0 Å². The first-order chi connectivity index (χ1) is 11.4. The SMILES string of the molecule is O=C(c1cccnc1)n1nc(-c2ccc(Br)cc2)cc1C(F)(F)F. The second kappa shape index (κ2) is 6.20. The van der Waals surface area contributed by atoms with Crippen molar-refractivity contribution in [3.8, 4) is 11.3 Å². The minimum atomic E-state index is -4.71. The summed E-state index contributed by atoms with van der Waals surface area (Å²) in [4.78, 5) is 16.1. The third kappa shape index (κ3) is 3.23. The van der Waals surface area contributed by atoms with E-state index in [9.17, 15) is 18.0 Å². The molecule has 2 aromatic heterocycles. The van der Waals surface area contributed by atoms with E-state index in [2.05, 4.69) is 26.0 Å². The smallest absolute Gasteiger partial charge is 0.267 e. The number of rotatable bonds is 2. The minimum Gasteiger partial charge on any atom is -0.267 e. The van der Waals surface area contributed by atoms with Gasteiger partial charge in [-0.1, -0.05) is 28.1 Å². The number of carbonyl (C=O) groups excluding carboxylic acids is 1. The average molecular weight is 396 g/mol. The zero-order valence-electron chi connectivity index (χ0n) is 12.0. The molecule has 2 heterocycles. The molecule has 24 heavy (non-hydrogen) atoms. The monoisotopic (exact) mass is 395 g/mol. The maximum absolute atomic E-state index is 13.3. The van der Waals surface area contributed by atoms with Gasteiger partial charge in [-0.05, 0) is 30.3 Å². The summed E-state index contributed by atoms with van der Waals surface area (Å²) in [6.07, 6.45) is -2.08. The number of carbonyl (C=O) groups is 1. The standard InChI is InChI=1S/C16H9BrF3N3O/c17-12-5-3-10(4-6-12)13-8-14(16(18,19)20)23(22-13)15(24)11-2-1-7-21-9-11/h1-9H. The molecular weight excluding hydrogens is 387 g/mol. The molecule has 1 aromatic carbocycles. The Hall–Kier alpha value is -2.48. The van der Waals surface area contributed by atoms with Gasteiger partial charge in [-0.2, -0.15) is 23.0 Å². The molecule has 0 saturated heterocycles. The van der Waals surface area contributed by atoms with Gasteiger partial charge in [0.2, 0.25) is 0 Å². The zero-order valence-corrected chi connectivity index (χ0v) is 13.5. The van der Waals surface area contributed by atoms with Gasteiger partial charge in [0.25, 0.3) is 5.91 Å². The van der Waals surface area contributed by atoms with Crippen molar-refractivity contribution in [3.05, 3.63) is 70.6 Å². The molecule has 0 aliphatic carbocycles. The van der Waals surface area contributed by atoms with Crippen molar-refractivity contribution in [1.82, 2.24) is 14.8 Å². The topological polar surface area (TPSA) is 47.8 Å². The number of pyridine rings is 1. The molecule has 0 aliphatic heterocycles. The summed E-state index contributed by atoms with van der Waals surface area (Å²) in [5.41, 5.74) is -0.573. The van der Waals surface area contributed by atoms with Crippen molar-refractivity contribution in [3.63, 3.8) is 0 Å². The normalized spacial score (nSPS) is 11.5. The number of halogens is 4. The van der Waals surface area contributed by atoms with Gasteiger partial charge in [-0.15, -0.1) is 0 Å². The number of nitrogens with zero attached hydrogens (tertiary/aromatic N) is 3. The average Bonchev–Trinajstić information content (AvgIpc) is 3.01. The summed E-state index contributed by atoms with van der Waals surface area (Å²) in [5.74, 6) is -0.890. The van der Waals surface area contributed by atoms with Crippen LogP contribution in [-0.4, -0.2) is 20.7 Å². The highest BCUT2D eigenvalue weighted by molar-refractivity contribution is 9.10. The number of hydrogen-bond donors (Lipinski definition) is 0. The van der Waals surface area contributed by atoms with E-state index in [0.29, 0.717) is 10.2 Å². The maximum atomic E-state index is 13.3. The molecule has 0 N–H and O–H groups in total. The van der Waals surface area contributed by atoms with Crippen LogP contribution >= 0.6 is 15.9 Å². The Bertz CT molecular complexity index is 874. The summed E-state index contributed by atoms with van der Waals surface area (Å²) in [5, 5.41) is 3.86. The highest BCUT2D eigenvalue weighted by Crippen LogP contribution is 2.33. The molecule has 0 unspecified atom stereocenters. The van der Waals surface area contributed by atoms with Gasteiger partial charge in [-0.3, -0.25) is 9.78 Å². The Labute approximate surface area is 143 Å². The molecule has 0 saturated carbocycles. The summed E-state index contributed by atoms with van der Waals surface area (Å²) in [7, 11) is 0. The van der Waals surface area contributed by atoms with E-state index in [4.69, 9.17) is 0 Å². The largest absolute Gasteiger partial charge is 0.433 e. The Morgan fingerprint density at radius 2 is 1.83 bits per heavy atom. The molecule has 8 heteroatoms. The molecule has 3 aromatic rings. The van der Waals surface area contributed by atoms with Crippen molar-refractivity contribution in [2.24, 2.45) is 0 Å². The predicted octanol–water partition coefficient (Wildman–Crippen LogP) is 4.41. The van der Waals surface area contributed by atoms with E-state index in [1.165, 1.54) is 24.5 Å². The summed E-state index contributed by atoms with van der Waals surface area (Å²) in [6.45, 7) is 0. The van der Waals surface area contributed by atoms with Crippen molar-refractivity contribution in [2.45, 2.75) is 6.18 Å². The zero-order chi connectivity index (χ0) is 17.3. The van der Waals surface area contributed by atoms with Crippen LogP contribution in [0.2, 0.25) is 0 Å². The van der Waals surface area contributed by atoms with E-state index in [-0.39, 0.29) is 11.3 Å². The van der Waals surface area contributed by atoms with Crippen molar-refractivity contribution in [2.75, 3.05) is 0 Å². The summed E-state index contributed by atoms with van der Waals surface area (Å²) < 4.78 is 41.0. The number of alkyl halides is 3. The highest BCUT2D eigenvalue weighted by Gasteiger charge is 2.38. The second-order valence-electron chi connectivity index (χ2n) is 4.88. The quantitative estimate of drug-likeness (QED) is 0.645. The van der Waals surface area contributed by atoms with E-state index >= 15 is 0 Å². The third-order valence-electron chi connectivity index (χ3n) is 3.24. The van der Waals surface area contributed by atoms with Crippen LogP contribution in [0.4, 0.5) is 13.2 Å². The molecular formula is C16H9BrF3N3O. The first kappa shape index (κ1) is 16.4. The lowest BCUT2D eigenvalue weighted by atomic mass is 10.1.